The number of hydrogen-bond acceptors (Lipinski definition) is 2. The SMILES string of the molecule is COC(=O)c1ccc(Br)cc1C[B-](F)(F)F. The molecule has 0 aliphatic carbocycles. The van der Waals surface area contributed by atoms with Crippen molar-refractivity contribution in [2.24, 2.45) is 0 Å². The van der Waals surface area contributed by atoms with E-state index in [1.54, 1.807) is 0 Å². The van der Waals surface area contributed by atoms with Crippen LogP contribution in [0.25, 0.3) is 0 Å². The van der Waals surface area contributed by atoms with Gasteiger partial charge in [0.1, 0.15) is 0 Å². The minimum Gasteiger partial charge on any atom is -0.465 e. The number of esters is 1. The first kappa shape index (κ1) is 13.1. The number of hydrogen-bond donors (Lipinski definition) is 0. The summed E-state index contributed by atoms with van der Waals surface area (Å²) in [4.78, 5) is 11.2. The molecule has 88 valence electrons. The van der Waals surface area contributed by atoms with Crippen LogP contribution in [0.5, 0.6) is 0 Å². The maximum atomic E-state index is 12.3. The predicted molar refractivity (Wildman–Crippen MR) is 58.3 cm³/mol. The molecule has 1 rings (SSSR count). The van der Waals surface area contributed by atoms with Gasteiger partial charge in [0.2, 0.25) is 0 Å². The molecule has 0 N–H and O–H groups in total. The van der Waals surface area contributed by atoms with Crippen molar-refractivity contribution in [2.45, 2.75) is 6.32 Å². The van der Waals surface area contributed by atoms with Crippen molar-refractivity contribution >= 4 is 28.9 Å². The largest absolute Gasteiger partial charge is 0.482 e. The molecule has 1 aromatic carbocycles. The van der Waals surface area contributed by atoms with E-state index in [9.17, 15) is 17.7 Å². The maximum absolute atomic E-state index is 12.3. The van der Waals surface area contributed by atoms with Gasteiger partial charge in [0.15, 0.2) is 0 Å². The highest BCUT2D eigenvalue weighted by Crippen LogP contribution is 2.23. The molecule has 0 aromatic heterocycles. The zero-order chi connectivity index (χ0) is 12.3. The number of rotatable bonds is 3. The Morgan fingerprint density at radius 3 is 2.56 bits per heavy atom. The monoisotopic (exact) mass is 295 g/mol. The van der Waals surface area contributed by atoms with Crippen molar-refractivity contribution in [1.29, 1.82) is 0 Å². The Bertz CT molecular complexity index is 406. The van der Waals surface area contributed by atoms with Gasteiger partial charge in [-0.2, -0.15) is 0 Å². The van der Waals surface area contributed by atoms with E-state index in [2.05, 4.69) is 20.7 Å². The van der Waals surface area contributed by atoms with Gasteiger partial charge in [-0.1, -0.05) is 27.8 Å². The third-order valence-corrected chi connectivity index (χ3v) is 2.42. The van der Waals surface area contributed by atoms with E-state index in [0.29, 0.717) is 4.47 Å². The zero-order valence-corrected chi connectivity index (χ0v) is 9.93. The molecule has 2 nitrogen and oxygen atoms in total. The normalized spacial score (nSPS) is 11.3. The molecule has 0 bridgehead atoms. The van der Waals surface area contributed by atoms with Gasteiger partial charge in [0, 0.05) is 4.47 Å². The molecule has 7 heteroatoms. The molecule has 0 aliphatic rings. The van der Waals surface area contributed by atoms with E-state index in [1.165, 1.54) is 18.2 Å². The Morgan fingerprint density at radius 2 is 2.06 bits per heavy atom. The van der Waals surface area contributed by atoms with E-state index < -0.39 is 19.3 Å². The number of carbonyl (C=O) groups excluding carboxylic acids is 1. The molecule has 0 atom stereocenters. The topological polar surface area (TPSA) is 26.3 Å². The van der Waals surface area contributed by atoms with Crippen molar-refractivity contribution in [3.8, 4) is 0 Å². The maximum Gasteiger partial charge on any atom is 0.482 e. The summed E-state index contributed by atoms with van der Waals surface area (Å²) < 4.78 is 41.9. The molecule has 0 radical (unpaired) electrons. The standard InChI is InChI=1S/C9H8BBrF3O2/c1-16-9(15)8-3-2-7(11)4-6(8)5-10(12,13)14/h2-4H,5H2,1H3/q-1. The smallest absolute Gasteiger partial charge is 0.465 e. The van der Waals surface area contributed by atoms with Crippen molar-refractivity contribution in [1.82, 2.24) is 0 Å². The Kier molecular flexibility index (Phi) is 4.01. The van der Waals surface area contributed by atoms with Gasteiger partial charge < -0.3 is 17.7 Å². The predicted octanol–water partition coefficient (Wildman–Crippen LogP) is 3.16. The fourth-order valence-corrected chi connectivity index (χ4v) is 1.70. The molecule has 0 saturated heterocycles. The lowest BCUT2D eigenvalue weighted by Gasteiger charge is -2.16. The fraction of sp³-hybridized carbons (Fsp3) is 0.222. The summed E-state index contributed by atoms with van der Waals surface area (Å²) in [5, 5.41) is 0. The minimum atomic E-state index is -4.98. The van der Waals surface area contributed by atoms with Gasteiger partial charge >= 0.3 is 12.9 Å². The van der Waals surface area contributed by atoms with E-state index >= 15 is 0 Å². The van der Waals surface area contributed by atoms with E-state index in [0.717, 1.165) is 7.11 Å². The molecule has 16 heavy (non-hydrogen) atoms. The summed E-state index contributed by atoms with van der Waals surface area (Å²) in [7, 11) is 1.13. The molecule has 0 spiro atoms. The van der Waals surface area contributed by atoms with Crippen LogP contribution >= 0.6 is 15.9 Å². The van der Waals surface area contributed by atoms with Crippen LogP contribution in [0.4, 0.5) is 12.9 Å². The lowest BCUT2D eigenvalue weighted by Crippen LogP contribution is -2.21. The summed E-state index contributed by atoms with van der Waals surface area (Å²) in [6.07, 6.45) is -1.09. The Hall–Kier alpha value is -0.975. The fourth-order valence-electron chi connectivity index (χ4n) is 1.29. The van der Waals surface area contributed by atoms with Crippen LogP contribution in [0, 0.1) is 0 Å². The van der Waals surface area contributed by atoms with E-state index in [-0.39, 0.29) is 11.1 Å². The number of ether oxygens (including phenoxy) is 1. The lowest BCUT2D eigenvalue weighted by atomic mass is 9.80. The zero-order valence-electron chi connectivity index (χ0n) is 8.34. The highest BCUT2D eigenvalue weighted by Gasteiger charge is 2.26. The third-order valence-electron chi connectivity index (χ3n) is 1.92. The second kappa shape index (κ2) is 4.90. The van der Waals surface area contributed by atoms with Crippen LogP contribution < -0.4 is 0 Å². The van der Waals surface area contributed by atoms with Crippen LogP contribution in [0.1, 0.15) is 15.9 Å². The van der Waals surface area contributed by atoms with Crippen LogP contribution in [-0.2, 0) is 11.1 Å². The molecular weight excluding hydrogens is 288 g/mol. The average Bonchev–Trinajstić information content (AvgIpc) is 2.14. The van der Waals surface area contributed by atoms with Crippen LogP contribution in [0.3, 0.4) is 0 Å². The second-order valence-corrected chi connectivity index (χ2v) is 4.12. The number of carbonyl (C=O) groups is 1. The summed E-state index contributed by atoms with van der Waals surface area (Å²) in [6, 6.07) is 4.09. The van der Waals surface area contributed by atoms with Crippen LogP contribution in [0.15, 0.2) is 22.7 Å². The molecular formula is C9H8BBrF3O2-. The van der Waals surface area contributed by atoms with E-state index in [1.807, 2.05) is 0 Å². The number of halogens is 4. The second-order valence-electron chi connectivity index (χ2n) is 3.21. The highest BCUT2D eigenvalue weighted by atomic mass is 79.9. The van der Waals surface area contributed by atoms with Gasteiger partial charge in [-0.15, -0.1) is 0 Å². The number of methoxy groups -OCH3 is 1. The highest BCUT2D eigenvalue weighted by molar-refractivity contribution is 9.10. The van der Waals surface area contributed by atoms with Crippen molar-refractivity contribution in [2.75, 3.05) is 7.11 Å². The summed E-state index contributed by atoms with van der Waals surface area (Å²) >= 11 is 3.06. The van der Waals surface area contributed by atoms with Crippen LogP contribution in [0.2, 0.25) is 0 Å². The molecule has 0 saturated carbocycles. The molecule has 0 fully saturated rings. The Balaban J connectivity index is 3.13. The van der Waals surface area contributed by atoms with Gasteiger partial charge in [-0.3, -0.25) is 0 Å². The molecule has 1 aromatic rings. The Morgan fingerprint density at radius 1 is 1.44 bits per heavy atom. The quantitative estimate of drug-likeness (QED) is 0.632. The van der Waals surface area contributed by atoms with Crippen LogP contribution in [-0.4, -0.2) is 20.1 Å². The average molecular weight is 296 g/mol. The molecule has 0 unspecified atom stereocenters. The molecule has 0 amide bonds. The summed E-state index contributed by atoms with van der Waals surface area (Å²) in [6.45, 7) is -4.98. The molecule has 0 heterocycles. The summed E-state index contributed by atoms with van der Waals surface area (Å²) in [5.74, 6) is -0.762. The third kappa shape index (κ3) is 3.55. The number of benzene rings is 1. The first-order chi connectivity index (χ1) is 7.33. The van der Waals surface area contributed by atoms with Gasteiger partial charge in [0.25, 0.3) is 0 Å². The molecule has 0 aliphatic heterocycles. The van der Waals surface area contributed by atoms with Crippen molar-refractivity contribution in [3.63, 3.8) is 0 Å². The van der Waals surface area contributed by atoms with Gasteiger partial charge in [-0.25, -0.2) is 4.79 Å². The lowest BCUT2D eigenvalue weighted by molar-refractivity contribution is 0.0599. The van der Waals surface area contributed by atoms with Crippen molar-refractivity contribution < 1.29 is 22.5 Å². The summed E-state index contributed by atoms with van der Waals surface area (Å²) in [5.41, 5.74) is -0.126. The Labute approximate surface area is 99.0 Å². The van der Waals surface area contributed by atoms with Crippen molar-refractivity contribution in [3.05, 3.63) is 33.8 Å². The first-order valence-electron chi connectivity index (χ1n) is 4.41. The van der Waals surface area contributed by atoms with E-state index in [4.69, 9.17) is 0 Å². The van der Waals surface area contributed by atoms with Gasteiger partial charge in [0.05, 0.1) is 12.7 Å². The minimum absolute atomic E-state index is 0.0510. The van der Waals surface area contributed by atoms with Gasteiger partial charge in [-0.05, 0) is 18.2 Å². The first-order valence-corrected chi connectivity index (χ1v) is 5.20.